The van der Waals surface area contributed by atoms with E-state index in [1.165, 1.54) is 24.4 Å². The lowest BCUT2D eigenvalue weighted by Gasteiger charge is -2.08. The van der Waals surface area contributed by atoms with Crippen LogP contribution in [0, 0.1) is 6.92 Å². The number of hydrogen-bond acceptors (Lipinski definition) is 3. The number of aromatic carboxylic acids is 1. The van der Waals surface area contributed by atoms with Crippen LogP contribution < -0.4 is 5.32 Å². The molecule has 5 nitrogen and oxygen atoms in total. The van der Waals surface area contributed by atoms with Crippen LogP contribution in [0.1, 0.15) is 26.3 Å². The first-order valence-corrected chi connectivity index (χ1v) is 6.12. The third-order valence-corrected chi connectivity index (χ3v) is 3.11. The summed E-state index contributed by atoms with van der Waals surface area (Å²) in [6.07, 6.45) is 1.41. The van der Waals surface area contributed by atoms with Crippen molar-refractivity contribution in [1.82, 2.24) is 4.98 Å². The van der Waals surface area contributed by atoms with Crippen molar-refractivity contribution in [2.45, 2.75) is 6.92 Å². The predicted molar refractivity (Wildman–Crippen MR) is 75.3 cm³/mol. The Kier molecular flexibility index (Phi) is 4.00. The predicted octanol–water partition coefficient (Wildman–Crippen LogP) is 2.99. The van der Waals surface area contributed by atoms with Crippen molar-refractivity contribution >= 4 is 29.3 Å². The summed E-state index contributed by atoms with van der Waals surface area (Å²) >= 11 is 5.95. The van der Waals surface area contributed by atoms with E-state index in [1.807, 2.05) is 6.92 Å². The number of aromatic nitrogens is 1. The number of nitrogens with zero attached hydrogens (tertiary/aromatic N) is 1. The SMILES string of the molecule is Cc1ccc(C(=O)Nc2ncccc2C(=O)O)cc1Cl. The number of aryl methyl sites for hydroxylation is 1. The number of benzene rings is 1. The van der Waals surface area contributed by atoms with Crippen LogP contribution in [0.2, 0.25) is 5.02 Å². The Hall–Kier alpha value is -2.40. The molecule has 0 bridgehead atoms. The molecule has 0 spiro atoms. The molecule has 0 atom stereocenters. The number of amides is 1. The van der Waals surface area contributed by atoms with Gasteiger partial charge >= 0.3 is 5.97 Å². The van der Waals surface area contributed by atoms with E-state index in [4.69, 9.17) is 16.7 Å². The van der Waals surface area contributed by atoms with Gasteiger partial charge in [0.1, 0.15) is 11.4 Å². The highest BCUT2D eigenvalue weighted by Crippen LogP contribution is 2.18. The molecule has 0 radical (unpaired) electrons. The van der Waals surface area contributed by atoms with Crippen LogP contribution in [0.15, 0.2) is 36.5 Å². The van der Waals surface area contributed by atoms with Crippen LogP contribution in [-0.2, 0) is 0 Å². The monoisotopic (exact) mass is 290 g/mol. The smallest absolute Gasteiger partial charge is 0.339 e. The van der Waals surface area contributed by atoms with E-state index in [1.54, 1.807) is 12.1 Å². The lowest BCUT2D eigenvalue weighted by Crippen LogP contribution is -2.16. The molecule has 0 saturated heterocycles. The molecule has 102 valence electrons. The standard InChI is InChI=1S/C14H11ClN2O3/c1-8-4-5-9(7-11(8)15)13(18)17-12-10(14(19)20)3-2-6-16-12/h2-7H,1H3,(H,19,20)(H,16,17,18). The number of hydrogen-bond donors (Lipinski definition) is 2. The van der Waals surface area contributed by atoms with Gasteiger partial charge in [-0.2, -0.15) is 0 Å². The van der Waals surface area contributed by atoms with Crippen molar-refractivity contribution in [3.63, 3.8) is 0 Å². The Morgan fingerprint density at radius 2 is 2.05 bits per heavy atom. The zero-order chi connectivity index (χ0) is 14.7. The molecular formula is C14H11ClN2O3. The minimum absolute atomic E-state index is 0.00157. The van der Waals surface area contributed by atoms with Gasteiger partial charge in [-0.25, -0.2) is 9.78 Å². The van der Waals surface area contributed by atoms with E-state index in [0.717, 1.165) is 5.56 Å². The molecule has 1 aromatic heterocycles. The lowest BCUT2D eigenvalue weighted by atomic mass is 10.1. The van der Waals surface area contributed by atoms with Crippen molar-refractivity contribution in [1.29, 1.82) is 0 Å². The summed E-state index contributed by atoms with van der Waals surface area (Å²) in [4.78, 5) is 26.9. The molecule has 1 amide bonds. The number of nitrogens with one attached hydrogen (secondary N) is 1. The third kappa shape index (κ3) is 2.95. The molecule has 2 aromatic rings. The second kappa shape index (κ2) is 5.71. The van der Waals surface area contributed by atoms with Gasteiger partial charge in [-0.05, 0) is 36.8 Å². The fourth-order valence-electron chi connectivity index (χ4n) is 1.59. The molecule has 0 saturated carbocycles. The number of rotatable bonds is 3. The first-order valence-electron chi connectivity index (χ1n) is 5.75. The zero-order valence-electron chi connectivity index (χ0n) is 10.6. The fraction of sp³-hybridized carbons (Fsp3) is 0.0714. The van der Waals surface area contributed by atoms with Crippen LogP contribution in [0.5, 0.6) is 0 Å². The van der Waals surface area contributed by atoms with Crippen LogP contribution in [0.3, 0.4) is 0 Å². The maximum Gasteiger partial charge on any atom is 0.339 e. The molecule has 2 rings (SSSR count). The van der Waals surface area contributed by atoms with Gasteiger partial charge in [-0.1, -0.05) is 17.7 Å². The Morgan fingerprint density at radius 1 is 1.30 bits per heavy atom. The highest BCUT2D eigenvalue weighted by molar-refractivity contribution is 6.31. The van der Waals surface area contributed by atoms with Crippen molar-refractivity contribution < 1.29 is 14.7 Å². The Labute approximate surface area is 120 Å². The highest BCUT2D eigenvalue weighted by Gasteiger charge is 2.14. The molecule has 2 N–H and O–H groups in total. The summed E-state index contributed by atoms with van der Waals surface area (Å²) in [5.41, 5.74) is 1.12. The lowest BCUT2D eigenvalue weighted by molar-refractivity contribution is 0.0697. The number of anilines is 1. The molecule has 0 unspecified atom stereocenters. The number of carbonyl (C=O) groups is 2. The van der Waals surface area contributed by atoms with Gasteiger partial charge in [0.25, 0.3) is 5.91 Å². The van der Waals surface area contributed by atoms with Gasteiger partial charge in [0, 0.05) is 16.8 Å². The summed E-state index contributed by atoms with van der Waals surface area (Å²) in [7, 11) is 0. The molecule has 0 aliphatic rings. The van der Waals surface area contributed by atoms with Gasteiger partial charge in [0.2, 0.25) is 0 Å². The zero-order valence-corrected chi connectivity index (χ0v) is 11.3. The molecule has 0 aliphatic heterocycles. The summed E-state index contributed by atoms with van der Waals surface area (Å²) in [6, 6.07) is 7.71. The minimum Gasteiger partial charge on any atom is -0.478 e. The maximum atomic E-state index is 12.0. The van der Waals surface area contributed by atoms with Crippen molar-refractivity contribution in [2.24, 2.45) is 0 Å². The van der Waals surface area contributed by atoms with E-state index in [2.05, 4.69) is 10.3 Å². The third-order valence-electron chi connectivity index (χ3n) is 2.70. The minimum atomic E-state index is -1.16. The topological polar surface area (TPSA) is 79.3 Å². The van der Waals surface area contributed by atoms with Crippen molar-refractivity contribution in [3.8, 4) is 0 Å². The second-order valence-corrected chi connectivity index (χ2v) is 4.53. The summed E-state index contributed by atoms with van der Waals surface area (Å²) in [6.45, 7) is 1.82. The maximum absolute atomic E-state index is 12.0. The van der Waals surface area contributed by atoms with Gasteiger partial charge in [0.05, 0.1) is 0 Å². The highest BCUT2D eigenvalue weighted by atomic mass is 35.5. The van der Waals surface area contributed by atoms with Gasteiger partial charge < -0.3 is 10.4 Å². The van der Waals surface area contributed by atoms with E-state index < -0.39 is 11.9 Å². The Morgan fingerprint density at radius 3 is 2.70 bits per heavy atom. The number of carboxylic acid groups (broad SMARTS) is 1. The van der Waals surface area contributed by atoms with Gasteiger partial charge in [-0.3, -0.25) is 4.79 Å². The van der Waals surface area contributed by atoms with Gasteiger partial charge in [0.15, 0.2) is 0 Å². The first-order chi connectivity index (χ1) is 9.49. The normalized spacial score (nSPS) is 10.1. The van der Waals surface area contributed by atoms with E-state index in [0.29, 0.717) is 10.6 Å². The molecule has 6 heteroatoms. The van der Waals surface area contributed by atoms with E-state index in [-0.39, 0.29) is 11.4 Å². The van der Waals surface area contributed by atoms with Gasteiger partial charge in [-0.15, -0.1) is 0 Å². The largest absolute Gasteiger partial charge is 0.478 e. The second-order valence-electron chi connectivity index (χ2n) is 4.12. The van der Waals surface area contributed by atoms with E-state index >= 15 is 0 Å². The fourth-order valence-corrected chi connectivity index (χ4v) is 1.77. The van der Waals surface area contributed by atoms with Crippen molar-refractivity contribution in [3.05, 3.63) is 58.2 Å². The van der Waals surface area contributed by atoms with Crippen molar-refractivity contribution in [2.75, 3.05) is 5.32 Å². The molecule has 1 aromatic carbocycles. The average Bonchev–Trinajstić information content (AvgIpc) is 2.42. The average molecular weight is 291 g/mol. The number of carboxylic acids is 1. The number of pyridine rings is 1. The molecule has 1 heterocycles. The molecule has 20 heavy (non-hydrogen) atoms. The summed E-state index contributed by atoms with van der Waals surface area (Å²) < 4.78 is 0. The molecule has 0 aliphatic carbocycles. The number of carbonyl (C=O) groups excluding carboxylic acids is 1. The first kappa shape index (κ1) is 14.0. The summed E-state index contributed by atoms with van der Waals surface area (Å²) in [5.74, 6) is -1.62. The molecular weight excluding hydrogens is 280 g/mol. The quantitative estimate of drug-likeness (QED) is 0.911. The number of halogens is 1. The Balaban J connectivity index is 2.28. The van der Waals surface area contributed by atoms with Crippen LogP contribution >= 0.6 is 11.6 Å². The Bertz CT molecular complexity index is 686. The summed E-state index contributed by atoms with van der Waals surface area (Å²) in [5, 5.41) is 12.0. The van der Waals surface area contributed by atoms with E-state index in [9.17, 15) is 9.59 Å². The van der Waals surface area contributed by atoms with Crippen LogP contribution in [0.25, 0.3) is 0 Å². The van der Waals surface area contributed by atoms with Crippen LogP contribution in [-0.4, -0.2) is 22.0 Å². The van der Waals surface area contributed by atoms with Crippen LogP contribution in [0.4, 0.5) is 5.82 Å². The molecule has 0 fully saturated rings.